The van der Waals surface area contributed by atoms with E-state index < -0.39 is 0 Å². The van der Waals surface area contributed by atoms with Gasteiger partial charge in [-0.1, -0.05) is 12.1 Å². The lowest BCUT2D eigenvalue weighted by molar-refractivity contribution is 0.0946. The van der Waals surface area contributed by atoms with E-state index in [9.17, 15) is 4.79 Å². The fourth-order valence-electron chi connectivity index (χ4n) is 2.01. The zero-order valence-corrected chi connectivity index (χ0v) is 13.5. The third-order valence-electron chi connectivity index (χ3n) is 3.04. The maximum Gasteiger partial charge on any atom is 0.268 e. The van der Waals surface area contributed by atoms with Gasteiger partial charge in [0, 0.05) is 18.3 Å². The van der Waals surface area contributed by atoms with Crippen molar-refractivity contribution in [2.24, 2.45) is 0 Å². The van der Waals surface area contributed by atoms with E-state index in [2.05, 4.69) is 47.1 Å². The van der Waals surface area contributed by atoms with Crippen LogP contribution in [0, 0.1) is 0 Å². The Kier molecular flexibility index (Phi) is 3.67. The second-order valence-corrected chi connectivity index (χ2v) is 6.07. The highest BCUT2D eigenvalue weighted by atomic mass is 79.9. The first-order chi connectivity index (χ1) is 9.63. The van der Waals surface area contributed by atoms with Crippen molar-refractivity contribution in [3.8, 4) is 0 Å². The van der Waals surface area contributed by atoms with Gasteiger partial charge in [0.05, 0.1) is 9.08 Å². The van der Waals surface area contributed by atoms with E-state index in [1.807, 2.05) is 30.5 Å². The number of nitrogens with one attached hydrogen (secondary N) is 3. The Hall–Kier alpha value is -1.53. The van der Waals surface area contributed by atoms with E-state index >= 15 is 0 Å². The molecule has 0 unspecified atom stereocenters. The van der Waals surface area contributed by atoms with Gasteiger partial charge in [-0.2, -0.15) is 0 Å². The number of H-pyrrole nitrogens is 2. The fraction of sp³-hybridized carbons (Fsp3) is 0.0714. The molecule has 6 heteroatoms. The number of amides is 1. The van der Waals surface area contributed by atoms with E-state index in [4.69, 9.17) is 0 Å². The molecule has 4 nitrogen and oxygen atoms in total. The van der Waals surface area contributed by atoms with Gasteiger partial charge in [-0.3, -0.25) is 4.79 Å². The normalized spacial score (nSPS) is 10.9. The van der Waals surface area contributed by atoms with E-state index in [1.165, 1.54) is 0 Å². The molecule has 0 atom stereocenters. The molecule has 3 rings (SSSR count). The predicted molar refractivity (Wildman–Crippen MR) is 85.7 cm³/mol. The van der Waals surface area contributed by atoms with Crippen LogP contribution in [0.25, 0.3) is 10.9 Å². The minimum absolute atomic E-state index is 0.136. The maximum atomic E-state index is 12.0. The summed E-state index contributed by atoms with van der Waals surface area (Å²) in [4.78, 5) is 18.1. The number of benzene rings is 1. The van der Waals surface area contributed by atoms with Crippen LogP contribution >= 0.6 is 31.9 Å². The monoisotopic (exact) mass is 395 g/mol. The highest BCUT2D eigenvalue weighted by Gasteiger charge is 2.10. The van der Waals surface area contributed by atoms with Crippen LogP contribution in [-0.4, -0.2) is 15.9 Å². The average molecular weight is 397 g/mol. The molecule has 0 bridgehead atoms. The topological polar surface area (TPSA) is 60.7 Å². The Morgan fingerprint density at radius 3 is 2.80 bits per heavy atom. The predicted octanol–water partition coefficient (Wildman–Crippen LogP) is 3.95. The zero-order valence-electron chi connectivity index (χ0n) is 10.3. The van der Waals surface area contributed by atoms with Crippen LogP contribution in [0.15, 0.2) is 45.6 Å². The van der Waals surface area contributed by atoms with Crippen molar-refractivity contribution in [2.45, 2.75) is 6.54 Å². The van der Waals surface area contributed by atoms with Gasteiger partial charge in [0.25, 0.3) is 5.91 Å². The van der Waals surface area contributed by atoms with Crippen molar-refractivity contribution in [3.63, 3.8) is 0 Å². The highest BCUT2D eigenvalue weighted by Crippen LogP contribution is 2.23. The number of aromatic amines is 2. The standard InChI is InChI=1S/C14H11Br2N3O/c15-10-6-12(19-13(10)16)14(20)18-7-8-1-2-9-3-4-17-11(9)5-8/h1-6,17,19H,7H2,(H,18,20). The molecule has 0 radical (unpaired) electrons. The van der Waals surface area contributed by atoms with Crippen molar-refractivity contribution in [1.82, 2.24) is 15.3 Å². The van der Waals surface area contributed by atoms with Crippen molar-refractivity contribution < 1.29 is 4.79 Å². The largest absolute Gasteiger partial charge is 0.361 e. The molecule has 3 aromatic rings. The van der Waals surface area contributed by atoms with Crippen LogP contribution in [0.2, 0.25) is 0 Å². The molecular formula is C14H11Br2N3O. The summed E-state index contributed by atoms with van der Waals surface area (Å²) < 4.78 is 1.59. The SMILES string of the molecule is O=C(NCc1ccc2cc[nH]c2c1)c1cc(Br)c(Br)[nH]1. The summed E-state index contributed by atoms with van der Waals surface area (Å²) in [5.41, 5.74) is 2.64. The Balaban J connectivity index is 1.70. The molecule has 0 aliphatic heterocycles. The molecule has 0 saturated heterocycles. The molecule has 0 spiro atoms. The lowest BCUT2D eigenvalue weighted by Crippen LogP contribution is -2.23. The number of fused-ring (bicyclic) bond motifs is 1. The van der Waals surface area contributed by atoms with Gasteiger partial charge in [0.15, 0.2) is 0 Å². The fourth-order valence-corrected chi connectivity index (χ4v) is 2.67. The Morgan fingerprint density at radius 2 is 2.05 bits per heavy atom. The number of rotatable bonds is 3. The summed E-state index contributed by atoms with van der Waals surface area (Å²) >= 11 is 6.66. The molecule has 2 aromatic heterocycles. The van der Waals surface area contributed by atoms with E-state index in [0.29, 0.717) is 12.2 Å². The number of aromatic nitrogens is 2. The first kappa shape index (κ1) is 13.5. The lowest BCUT2D eigenvalue weighted by Gasteiger charge is -2.04. The summed E-state index contributed by atoms with van der Waals surface area (Å²) in [6, 6.07) is 9.85. The Morgan fingerprint density at radius 1 is 1.20 bits per heavy atom. The van der Waals surface area contributed by atoms with Gasteiger partial charge in [0.2, 0.25) is 0 Å². The van der Waals surface area contributed by atoms with Crippen molar-refractivity contribution in [3.05, 3.63) is 56.9 Å². The van der Waals surface area contributed by atoms with Crippen LogP contribution in [0.1, 0.15) is 16.1 Å². The lowest BCUT2D eigenvalue weighted by atomic mass is 10.1. The highest BCUT2D eigenvalue weighted by molar-refractivity contribution is 9.13. The van der Waals surface area contributed by atoms with Crippen LogP contribution in [0.4, 0.5) is 0 Å². The maximum absolute atomic E-state index is 12.0. The molecule has 0 aliphatic rings. The number of carbonyl (C=O) groups excluding carboxylic acids is 1. The third-order valence-corrected chi connectivity index (χ3v) is 4.83. The smallest absolute Gasteiger partial charge is 0.268 e. The summed E-state index contributed by atoms with van der Waals surface area (Å²) in [7, 11) is 0. The average Bonchev–Trinajstić information content (AvgIpc) is 3.03. The number of carbonyl (C=O) groups is 1. The van der Waals surface area contributed by atoms with Gasteiger partial charge in [-0.25, -0.2) is 0 Å². The van der Waals surface area contributed by atoms with Crippen molar-refractivity contribution >= 4 is 48.7 Å². The quantitative estimate of drug-likeness (QED) is 0.616. The molecular weight excluding hydrogens is 386 g/mol. The van der Waals surface area contributed by atoms with Gasteiger partial charge in [-0.15, -0.1) is 0 Å². The van der Waals surface area contributed by atoms with Crippen LogP contribution in [-0.2, 0) is 6.54 Å². The Labute approximate surface area is 132 Å². The summed E-state index contributed by atoms with van der Waals surface area (Å²) in [5.74, 6) is -0.136. The van der Waals surface area contributed by atoms with E-state index in [-0.39, 0.29) is 5.91 Å². The van der Waals surface area contributed by atoms with E-state index in [1.54, 1.807) is 6.07 Å². The van der Waals surface area contributed by atoms with Gasteiger partial charge in [0.1, 0.15) is 5.69 Å². The molecule has 2 heterocycles. The number of halogens is 2. The van der Waals surface area contributed by atoms with E-state index in [0.717, 1.165) is 25.5 Å². The summed E-state index contributed by atoms with van der Waals surface area (Å²) in [6.45, 7) is 0.488. The molecule has 0 saturated carbocycles. The Bertz CT molecular complexity index is 756. The number of hydrogen-bond donors (Lipinski definition) is 3. The van der Waals surface area contributed by atoms with Crippen LogP contribution in [0.5, 0.6) is 0 Å². The second-order valence-electron chi connectivity index (χ2n) is 4.43. The van der Waals surface area contributed by atoms with Crippen LogP contribution in [0.3, 0.4) is 0 Å². The second kappa shape index (κ2) is 5.46. The minimum Gasteiger partial charge on any atom is -0.361 e. The zero-order chi connectivity index (χ0) is 14.1. The first-order valence-electron chi connectivity index (χ1n) is 6.02. The molecule has 3 N–H and O–H groups in total. The molecule has 1 amide bonds. The van der Waals surface area contributed by atoms with Gasteiger partial charge in [-0.05, 0) is 61.0 Å². The van der Waals surface area contributed by atoms with Gasteiger partial charge >= 0.3 is 0 Å². The molecule has 0 fully saturated rings. The van der Waals surface area contributed by atoms with Crippen molar-refractivity contribution in [2.75, 3.05) is 0 Å². The molecule has 20 heavy (non-hydrogen) atoms. The first-order valence-corrected chi connectivity index (χ1v) is 7.60. The third kappa shape index (κ3) is 2.66. The minimum atomic E-state index is -0.136. The van der Waals surface area contributed by atoms with Gasteiger partial charge < -0.3 is 15.3 Å². The summed E-state index contributed by atoms with van der Waals surface area (Å²) in [5, 5.41) is 4.05. The molecule has 102 valence electrons. The van der Waals surface area contributed by atoms with Crippen molar-refractivity contribution in [1.29, 1.82) is 0 Å². The number of hydrogen-bond acceptors (Lipinski definition) is 1. The van der Waals surface area contributed by atoms with Crippen LogP contribution < -0.4 is 5.32 Å². The molecule has 0 aliphatic carbocycles. The summed E-state index contributed by atoms with van der Waals surface area (Å²) in [6.07, 6.45) is 1.90. The molecule has 1 aromatic carbocycles.